The molecule has 6 N–H and O–H groups in total. The average molecular weight is 581 g/mol. The molecule has 0 bridgehead atoms. The molecule has 3 heterocycles. The first kappa shape index (κ1) is 31.7. The Balaban J connectivity index is 1.43. The lowest BCUT2D eigenvalue weighted by Gasteiger charge is -2.34. The van der Waals surface area contributed by atoms with Crippen LogP contribution in [0.4, 0.5) is 11.8 Å². The van der Waals surface area contributed by atoms with Gasteiger partial charge in [-0.25, -0.2) is 4.98 Å². The van der Waals surface area contributed by atoms with Crippen molar-refractivity contribution in [3.8, 4) is 5.75 Å². The minimum absolute atomic E-state index is 0.0743. The van der Waals surface area contributed by atoms with E-state index >= 15 is 0 Å². The number of unbranched alkanes of at least 4 members (excludes halogenated alkanes) is 3. The smallest absolute Gasteiger partial charge is 0.264 e. The topological polar surface area (TPSA) is 148 Å². The number of hydrogen-bond donors (Lipinski definition) is 4. The second-order valence-corrected chi connectivity index (χ2v) is 11.2. The largest absolute Gasteiger partial charge is 0.496 e. The number of nitrogens with zero attached hydrogens (tertiary/aromatic N) is 5. The summed E-state index contributed by atoms with van der Waals surface area (Å²) in [5.41, 5.74) is 13.9. The fourth-order valence-electron chi connectivity index (χ4n) is 5.64. The maximum atomic E-state index is 13.6. The zero-order chi connectivity index (χ0) is 29.9. The molecule has 0 aliphatic carbocycles. The van der Waals surface area contributed by atoms with Crippen LogP contribution in [0.15, 0.2) is 35.3 Å². The van der Waals surface area contributed by atoms with Crippen molar-refractivity contribution in [1.82, 2.24) is 24.3 Å². The highest BCUT2D eigenvalue weighted by Crippen LogP contribution is 2.24. The van der Waals surface area contributed by atoms with E-state index in [0.717, 1.165) is 69.8 Å². The van der Waals surface area contributed by atoms with Crippen LogP contribution in [0.3, 0.4) is 0 Å². The fourth-order valence-corrected chi connectivity index (χ4v) is 5.64. The summed E-state index contributed by atoms with van der Waals surface area (Å²) in [6.07, 6.45) is 8.21. The molecule has 11 nitrogen and oxygen atoms in total. The van der Waals surface area contributed by atoms with Crippen LogP contribution in [-0.4, -0.2) is 88.5 Å². The Bertz CT molecular complexity index is 1340. The summed E-state index contributed by atoms with van der Waals surface area (Å²) < 4.78 is 7.40. The predicted molar refractivity (Wildman–Crippen MR) is 169 cm³/mol. The van der Waals surface area contributed by atoms with Gasteiger partial charge in [-0.05, 0) is 50.0 Å². The Hall–Kier alpha value is -3.25. The highest BCUT2D eigenvalue weighted by atomic mass is 16.5. The number of anilines is 2. The molecule has 230 valence electrons. The van der Waals surface area contributed by atoms with Crippen molar-refractivity contribution in [2.24, 2.45) is 5.73 Å². The van der Waals surface area contributed by atoms with Crippen LogP contribution in [0.2, 0.25) is 0 Å². The van der Waals surface area contributed by atoms with Gasteiger partial charge in [0.1, 0.15) is 17.0 Å². The Morgan fingerprint density at radius 2 is 1.81 bits per heavy atom. The molecule has 1 fully saturated rings. The monoisotopic (exact) mass is 580 g/mol. The number of rotatable bonds is 16. The summed E-state index contributed by atoms with van der Waals surface area (Å²) in [4.78, 5) is 27.3. The van der Waals surface area contributed by atoms with Crippen molar-refractivity contribution >= 4 is 22.7 Å². The van der Waals surface area contributed by atoms with Crippen LogP contribution < -0.4 is 27.1 Å². The average Bonchev–Trinajstić information content (AvgIpc) is 2.99. The van der Waals surface area contributed by atoms with Gasteiger partial charge in [-0.2, -0.15) is 4.98 Å². The van der Waals surface area contributed by atoms with Gasteiger partial charge < -0.3 is 36.1 Å². The number of methoxy groups -OCH3 is 1. The van der Waals surface area contributed by atoms with Gasteiger partial charge in [-0.1, -0.05) is 38.3 Å². The molecule has 0 radical (unpaired) electrons. The maximum absolute atomic E-state index is 13.6. The highest BCUT2D eigenvalue weighted by molar-refractivity contribution is 5.89. The van der Waals surface area contributed by atoms with Gasteiger partial charge in [0.15, 0.2) is 0 Å². The number of fused-ring (bicyclic) bond motifs is 1. The summed E-state index contributed by atoms with van der Waals surface area (Å²) in [7, 11) is 1.67. The molecule has 1 atom stereocenters. The molecule has 0 amide bonds. The number of aliphatic hydroxyl groups is 1. The van der Waals surface area contributed by atoms with E-state index in [4.69, 9.17) is 16.2 Å². The first-order valence-electron chi connectivity index (χ1n) is 15.3. The maximum Gasteiger partial charge on any atom is 0.264 e. The molecule has 4 rings (SSSR count). The van der Waals surface area contributed by atoms with Crippen LogP contribution in [0.5, 0.6) is 5.75 Å². The molecule has 42 heavy (non-hydrogen) atoms. The summed E-state index contributed by atoms with van der Waals surface area (Å²) in [5.74, 6) is 1.18. The van der Waals surface area contributed by atoms with Gasteiger partial charge in [-0.3, -0.25) is 9.69 Å². The quantitative estimate of drug-likeness (QED) is 0.186. The Kier molecular flexibility index (Phi) is 11.9. The van der Waals surface area contributed by atoms with Gasteiger partial charge in [0, 0.05) is 44.5 Å². The number of pyridine rings is 1. The molecule has 0 spiro atoms. The molecule has 1 aliphatic heterocycles. The first-order valence-corrected chi connectivity index (χ1v) is 15.3. The number of ether oxygens (including phenoxy) is 1. The van der Waals surface area contributed by atoms with Crippen LogP contribution >= 0.6 is 0 Å². The van der Waals surface area contributed by atoms with E-state index in [-0.39, 0.29) is 24.2 Å². The molecular formula is C31H48N8O3. The number of piperazine rings is 1. The van der Waals surface area contributed by atoms with E-state index in [1.165, 1.54) is 31.4 Å². The van der Waals surface area contributed by atoms with Crippen LogP contribution in [0, 0.1) is 0 Å². The molecule has 3 aromatic rings. The summed E-state index contributed by atoms with van der Waals surface area (Å²) in [6, 6.07) is 7.79. The van der Waals surface area contributed by atoms with Crippen molar-refractivity contribution in [1.29, 1.82) is 0 Å². The minimum atomic E-state index is -0.234. The van der Waals surface area contributed by atoms with E-state index in [2.05, 4.69) is 37.2 Å². The van der Waals surface area contributed by atoms with Gasteiger partial charge >= 0.3 is 0 Å². The predicted octanol–water partition coefficient (Wildman–Crippen LogP) is 2.64. The molecule has 11 heteroatoms. The minimum Gasteiger partial charge on any atom is -0.496 e. The molecule has 1 aliphatic rings. The summed E-state index contributed by atoms with van der Waals surface area (Å²) in [5, 5.41) is 13.3. The molecule has 1 saturated heterocycles. The van der Waals surface area contributed by atoms with Crippen molar-refractivity contribution in [2.75, 3.05) is 64.0 Å². The van der Waals surface area contributed by atoms with Gasteiger partial charge in [-0.15, -0.1) is 0 Å². The number of hydrogen-bond acceptors (Lipinski definition) is 10. The molecule has 2 aromatic heterocycles. The second kappa shape index (κ2) is 15.8. The lowest BCUT2D eigenvalue weighted by molar-refractivity contribution is 0.125. The zero-order valence-corrected chi connectivity index (χ0v) is 25.2. The van der Waals surface area contributed by atoms with E-state index in [1.54, 1.807) is 23.9 Å². The Morgan fingerprint density at radius 3 is 2.52 bits per heavy atom. The highest BCUT2D eigenvalue weighted by Gasteiger charge is 2.19. The van der Waals surface area contributed by atoms with Crippen molar-refractivity contribution in [2.45, 2.75) is 64.6 Å². The van der Waals surface area contributed by atoms with Crippen LogP contribution in [0.1, 0.15) is 56.6 Å². The lowest BCUT2D eigenvalue weighted by Crippen LogP contribution is -2.46. The van der Waals surface area contributed by atoms with Crippen molar-refractivity contribution in [3.05, 3.63) is 51.9 Å². The fraction of sp³-hybridized carbons (Fsp3) is 0.581. The molecule has 0 saturated carbocycles. The normalized spacial score (nSPS) is 15.2. The Labute approximate surface area is 248 Å². The van der Waals surface area contributed by atoms with E-state index in [0.29, 0.717) is 23.3 Å². The Morgan fingerprint density at radius 1 is 1.05 bits per heavy atom. The molecule has 0 unspecified atom stereocenters. The molecular weight excluding hydrogens is 532 g/mol. The van der Waals surface area contributed by atoms with Gasteiger partial charge in [0.05, 0.1) is 31.8 Å². The zero-order valence-electron chi connectivity index (χ0n) is 25.2. The van der Waals surface area contributed by atoms with E-state index in [1.807, 2.05) is 13.0 Å². The number of aromatic nitrogens is 3. The van der Waals surface area contributed by atoms with Gasteiger partial charge in [0.2, 0.25) is 5.95 Å². The standard InChI is InChI=1S/C31H48N8O3/c1-3-8-25(22-40)34-29-28-26(35-31(33)36-29)11-14-39(30(28)41)21-24-10-9-23(19-27(24)42-2)20-38-17-15-37(16-18-38)13-7-5-4-6-12-32/h9-11,14,19,25,40H,3-8,12-13,15-18,20-22,32H2,1-2H3,(H3,33,34,35,36)/t25-/m0/s1. The first-order chi connectivity index (χ1) is 20.4. The van der Waals surface area contributed by atoms with Crippen LogP contribution in [0.25, 0.3) is 10.9 Å². The summed E-state index contributed by atoms with van der Waals surface area (Å²) in [6.45, 7) is 9.44. The number of aliphatic hydroxyl groups excluding tert-OH is 1. The number of nitrogen functional groups attached to an aromatic ring is 1. The van der Waals surface area contributed by atoms with Crippen LogP contribution in [-0.2, 0) is 13.1 Å². The van der Waals surface area contributed by atoms with E-state index in [9.17, 15) is 9.90 Å². The number of nitrogens with one attached hydrogen (secondary N) is 1. The number of nitrogens with two attached hydrogens (primary N) is 2. The summed E-state index contributed by atoms with van der Waals surface area (Å²) >= 11 is 0. The van der Waals surface area contributed by atoms with E-state index < -0.39 is 0 Å². The second-order valence-electron chi connectivity index (χ2n) is 11.2. The molecule has 1 aromatic carbocycles. The van der Waals surface area contributed by atoms with Crippen molar-refractivity contribution in [3.63, 3.8) is 0 Å². The SMILES string of the molecule is CCC[C@@H](CO)Nc1nc(N)nc2ccn(Cc3ccc(CN4CCN(CCCCCCN)CC4)cc3OC)c(=O)c12. The van der Waals surface area contributed by atoms with Crippen molar-refractivity contribution < 1.29 is 9.84 Å². The number of benzene rings is 1. The van der Waals surface area contributed by atoms with Gasteiger partial charge in [0.25, 0.3) is 5.56 Å². The third kappa shape index (κ3) is 8.41. The lowest BCUT2D eigenvalue weighted by atomic mass is 10.1. The third-order valence-electron chi connectivity index (χ3n) is 8.03. The third-order valence-corrected chi connectivity index (χ3v) is 8.03.